The number of hydrogen-bond acceptors (Lipinski definition) is 1. The van der Waals surface area contributed by atoms with E-state index in [1.165, 1.54) is 38.5 Å². The van der Waals surface area contributed by atoms with E-state index in [1.54, 1.807) is 6.07 Å². The maximum absolute atomic E-state index is 13.6. The van der Waals surface area contributed by atoms with Gasteiger partial charge < -0.3 is 4.90 Å². The SMILES string of the molecule is Fc1cccc(N2CC3(CCCCCC3)C2)c1I. The smallest absolute Gasteiger partial charge is 0.138 e. The van der Waals surface area contributed by atoms with Gasteiger partial charge in [-0.15, -0.1) is 0 Å². The number of nitrogens with zero attached hydrogens (tertiary/aromatic N) is 1. The van der Waals surface area contributed by atoms with Crippen LogP contribution in [0.25, 0.3) is 0 Å². The van der Waals surface area contributed by atoms with Crippen molar-refractivity contribution >= 4 is 28.3 Å². The van der Waals surface area contributed by atoms with E-state index in [2.05, 4.69) is 33.6 Å². The molecular weight excluding hydrogens is 340 g/mol. The molecule has 2 fully saturated rings. The van der Waals surface area contributed by atoms with Crippen LogP contribution < -0.4 is 4.90 Å². The Bertz CT molecular complexity index is 430. The zero-order valence-corrected chi connectivity index (χ0v) is 12.7. The molecule has 18 heavy (non-hydrogen) atoms. The fourth-order valence-electron chi connectivity index (χ4n) is 3.47. The molecule has 98 valence electrons. The number of anilines is 1. The topological polar surface area (TPSA) is 3.24 Å². The van der Waals surface area contributed by atoms with Crippen LogP contribution in [0, 0.1) is 14.8 Å². The molecule has 1 aromatic rings. The van der Waals surface area contributed by atoms with Crippen molar-refractivity contribution in [1.29, 1.82) is 0 Å². The van der Waals surface area contributed by atoms with E-state index in [-0.39, 0.29) is 5.82 Å². The zero-order valence-electron chi connectivity index (χ0n) is 10.6. The van der Waals surface area contributed by atoms with Gasteiger partial charge in [-0.2, -0.15) is 0 Å². The Morgan fingerprint density at radius 2 is 1.72 bits per heavy atom. The van der Waals surface area contributed by atoms with Crippen molar-refractivity contribution in [3.05, 3.63) is 27.6 Å². The summed E-state index contributed by atoms with van der Waals surface area (Å²) >= 11 is 2.13. The molecule has 1 spiro atoms. The average molecular weight is 359 g/mol. The molecule has 0 unspecified atom stereocenters. The third-order valence-corrected chi connectivity index (χ3v) is 5.56. The highest BCUT2D eigenvalue weighted by molar-refractivity contribution is 14.1. The normalized spacial score (nSPS) is 22.7. The highest BCUT2D eigenvalue weighted by Crippen LogP contribution is 2.45. The van der Waals surface area contributed by atoms with Gasteiger partial charge in [-0.1, -0.05) is 31.7 Å². The van der Waals surface area contributed by atoms with Crippen LogP contribution in [0.4, 0.5) is 10.1 Å². The quantitative estimate of drug-likeness (QED) is 0.663. The molecule has 3 heteroatoms. The van der Waals surface area contributed by atoms with Crippen molar-refractivity contribution in [2.45, 2.75) is 38.5 Å². The van der Waals surface area contributed by atoms with Crippen LogP contribution in [0.3, 0.4) is 0 Å². The monoisotopic (exact) mass is 359 g/mol. The van der Waals surface area contributed by atoms with Crippen molar-refractivity contribution in [3.63, 3.8) is 0 Å². The Balaban J connectivity index is 1.72. The highest BCUT2D eigenvalue weighted by atomic mass is 127. The van der Waals surface area contributed by atoms with Gasteiger partial charge in [-0.25, -0.2) is 4.39 Å². The molecule has 1 saturated heterocycles. The van der Waals surface area contributed by atoms with Crippen LogP contribution in [0.5, 0.6) is 0 Å². The predicted molar refractivity (Wildman–Crippen MR) is 81.5 cm³/mol. The van der Waals surface area contributed by atoms with Crippen LogP contribution in [0.2, 0.25) is 0 Å². The largest absolute Gasteiger partial charge is 0.369 e. The van der Waals surface area contributed by atoms with Crippen molar-refractivity contribution in [3.8, 4) is 0 Å². The summed E-state index contributed by atoms with van der Waals surface area (Å²) in [6, 6.07) is 5.42. The lowest BCUT2D eigenvalue weighted by atomic mass is 9.73. The molecule has 0 aromatic heterocycles. The summed E-state index contributed by atoms with van der Waals surface area (Å²) in [6.07, 6.45) is 8.31. The fraction of sp³-hybridized carbons (Fsp3) is 0.600. The van der Waals surface area contributed by atoms with E-state index in [0.717, 1.165) is 22.3 Å². The number of benzene rings is 1. The molecule has 0 bridgehead atoms. The van der Waals surface area contributed by atoms with E-state index in [9.17, 15) is 4.39 Å². The van der Waals surface area contributed by atoms with Crippen LogP contribution in [-0.4, -0.2) is 13.1 Å². The number of halogens is 2. The van der Waals surface area contributed by atoms with Gasteiger partial charge in [0.2, 0.25) is 0 Å². The van der Waals surface area contributed by atoms with E-state index in [0.29, 0.717) is 5.41 Å². The van der Waals surface area contributed by atoms with Crippen molar-refractivity contribution in [2.75, 3.05) is 18.0 Å². The van der Waals surface area contributed by atoms with Gasteiger partial charge in [0.05, 0.1) is 9.26 Å². The standard InChI is InChI=1S/C15H19FIN/c16-12-6-5-7-13(14(12)17)18-10-15(11-18)8-3-1-2-4-9-15/h5-7H,1-4,8-11H2. The van der Waals surface area contributed by atoms with Crippen LogP contribution in [0.15, 0.2) is 18.2 Å². The third kappa shape index (κ3) is 2.26. The Kier molecular flexibility index (Phi) is 3.52. The van der Waals surface area contributed by atoms with Crippen molar-refractivity contribution in [2.24, 2.45) is 5.41 Å². The van der Waals surface area contributed by atoms with Gasteiger partial charge in [-0.3, -0.25) is 0 Å². The van der Waals surface area contributed by atoms with Crippen LogP contribution in [-0.2, 0) is 0 Å². The van der Waals surface area contributed by atoms with Crippen LogP contribution in [0.1, 0.15) is 38.5 Å². The molecule has 1 saturated carbocycles. The molecule has 1 nitrogen and oxygen atoms in total. The van der Waals surface area contributed by atoms with Crippen LogP contribution >= 0.6 is 22.6 Å². The molecule has 0 amide bonds. The minimum absolute atomic E-state index is 0.0880. The molecule has 1 aliphatic heterocycles. The van der Waals surface area contributed by atoms with Crippen molar-refractivity contribution < 1.29 is 4.39 Å². The second-order valence-corrected chi connectivity index (χ2v) is 6.92. The number of hydrogen-bond donors (Lipinski definition) is 0. The van der Waals surface area contributed by atoms with Gasteiger partial charge in [0.25, 0.3) is 0 Å². The van der Waals surface area contributed by atoms with E-state index < -0.39 is 0 Å². The van der Waals surface area contributed by atoms with Gasteiger partial charge in [-0.05, 0) is 47.6 Å². The summed E-state index contributed by atoms with van der Waals surface area (Å²) in [6.45, 7) is 2.26. The van der Waals surface area contributed by atoms with Crippen molar-refractivity contribution in [1.82, 2.24) is 0 Å². The lowest BCUT2D eigenvalue weighted by molar-refractivity contribution is 0.180. The molecule has 3 rings (SSSR count). The highest BCUT2D eigenvalue weighted by Gasteiger charge is 2.43. The lowest BCUT2D eigenvalue weighted by Crippen LogP contribution is -2.56. The Morgan fingerprint density at radius 1 is 1.06 bits per heavy atom. The molecule has 1 aliphatic carbocycles. The Hall–Kier alpha value is -0.320. The second kappa shape index (κ2) is 4.99. The molecule has 2 aliphatic rings. The first-order valence-corrected chi connectivity index (χ1v) is 7.97. The predicted octanol–water partition coefficient (Wildman–Crippen LogP) is 4.59. The summed E-state index contributed by atoms with van der Waals surface area (Å²) < 4.78 is 14.3. The second-order valence-electron chi connectivity index (χ2n) is 5.84. The summed E-state index contributed by atoms with van der Waals surface area (Å²) in [5, 5.41) is 0. The summed E-state index contributed by atoms with van der Waals surface area (Å²) in [4.78, 5) is 2.36. The molecule has 0 N–H and O–H groups in total. The van der Waals surface area contributed by atoms with Gasteiger partial charge in [0.15, 0.2) is 0 Å². The fourth-order valence-corrected chi connectivity index (χ4v) is 4.17. The summed E-state index contributed by atoms with van der Waals surface area (Å²) in [7, 11) is 0. The molecule has 1 heterocycles. The summed E-state index contributed by atoms with van der Waals surface area (Å²) in [5.74, 6) is -0.0880. The Morgan fingerprint density at radius 3 is 2.39 bits per heavy atom. The van der Waals surface area contributed by atoms with Gasteiger partial charge in [0.1, 0.15) is 5.82 Å². The minimum Gasteiger partial charge on any atom is -0.369 e. The summed E-state index contributed by atoms with van der Waals surface area (Å²) in [5.41, 5.74) is 1.64. The van der Waals surface area contributed by atoms with Gasteiger partial charge >= 0.3 is 0 Å². The van der Waals surface area contributed by atoms with Gasteiger partial charge in [0, 0.05) is 18.5 Å². The van der Waals surface area contributed by atoms with E-state index >= 15 is 0 Å². The average Bonchev–Trinajstić information content (AvgIpc) is 2.57. The first kappa shape index (κ1) is 12.7. The zero-order chi connectivity index (χ0) is 12.6. The van der Waals surface area contributed by atoms with E-state index in [1.807, 2.05) is 6.07 Å². The molecular formula is C15H19FIN. The maximum Gasteiger partial charge on any atom is 0.138 e. The molecule has 0 radical (unpaired) electrons. The number of rotatable bonds is 1. The Labute approximate surface area is 122 Å². The molecule has 1 aromatic carbocycles. The first-order chi connectivity index (χ1) is 8.70. The minimum atomic E-state index is -0.0880. The lowest BCUT2D eigenvalue weighted by Gasteiger charge is -2.52. The molecule has 0 atom stereocenters. The third-order valence-electron chi connectivity index (χ3n) is 4.49. The van der Waals surface area contributed by atoms with E-state index in [4.69, 9.17) is 0 Å². The maximum atomic E-state index is 13.6. The first-order valence-electron chi connectivity index (χ1n) is 6.89.